The Morgan fingerprint density at radius 3 is 2.71 bits per heavy atom. The minimum Gasteiger partial charge on any atom is -0.496 e. The molecule has 1 rings (SSSR count). The first kappa shape index (κ1) is 13.3. The lowest BCUT2D eigenvalue weighted by Gasteiger charge is -2.13. The molecule has 4 nitrogen and oxygen atoms in total. The molecule has 0 heterocycles. The van der Waals surface area contributed by atoms with E-state index >= 15 is 0 Å². The molecule has 0 spiro atoms. The molecule has 0 aliphatic heterocycles. The predicted octanol–water partition coefficient (Wildman–Crippen LogP) is 1.50. The Balaban J connectivity index is 2.93. The van der Waals surface area contributed by atoms with Crippen LogP contribution in [0.4, 0.5) is 0 Å². The number of rotatable bonds is 5. The molecule has 1 unspecified atom stereocenters. The van der Waals surface area contributed by atoms with Gasteiger partial charge in [0.25, 0.3) is 0 Å². The summed E-state index contributed by atoms with van der Waals surface area (Å²) >= 11 is 0. The fourth-order valence-corrected chi connectivity index (χ4v) is 1.50. The average molecular weight is 236 g/mol. The quantitative estimate of drug-likeness (QED) is 0.621. The maximum Gasteiger partial charge on any atom is 0.330 e. The SMILES string of the molecule is COC(=O)/C=C/C(CO)c1ccccc1OC. The highest BCUT2D eigenvalue weighted by Crippen LogP contribution is 2.26. The number of benzene rings is 1. The number of carbonyl (C=O) groups is 1. The van der Waals surface area contributed by atoms with E-state index in [1.54, 1.807) is 13.2 Å². The first-order valence-corrected chi connectivity index (χ1v) is 5.22. The van der Waals surface area contributed by atoms with Gasteiger partial charge in [0.1, 0.15) is 5.75 Å². The Hall–Kier alpha value is -1.81. The van der Waals surface area contributed by atoms with Crippen molar-refractivity contribution in [2.24, 2.45) is 0 Å². The molecule has 4 heteroatoms. The van der Waals surface area contributed by atoms with Crippen molar-refractivity contribution in [1.82, 2.24) is 0 Å². The summed E-state index contributed by atoms with van der Waals surface area (Å²) in [6.45, 7) is -0.103. The van der Waals surface area contributed by atoms with E-state index in [0.717, 1.165) is 5.56 Å². The average Bonchev–Trinajstić information content (AvgIpc) is 2.39. The van der Waals surface area contributed by atoms with E-state index in [2.05, 4.69) is 4.74 Å². The lowest BCUT2D eigenvalue weighted by molar-refractivity contribution is -0.134. The fourth-order valence-electron chi connectivity index (χ4n) is 1.50. The molecule has 1 aromatic carbocycles. The van der Waals surface area contributed by atoms with E-state index in [4.69, 9.17) is 4.74 Å². The van der Waals surface area contributed by atoms with Gasteiger partial charge in [0.05, 0.1) is 20.8 Å². The molecule has 0 fully saturated rings. The van der Waals surface area contributed by atoms with Gasteiger partial charge in [-0.15, -0.1) is 0 Å². The standard InChI is InChI=1S/C13H16O4/c1-16-12-6-4-3-5-11(12)10(9-14)7-8-13(15)17-2/h3-8,10,14H,9H2,1-2H3/b8-7+. The van der Waals surface area contributed by atoms with Crippen LogP contribution in [0.3, 0.4) is 0 Å². The Labute approximate surface area is 100 Å². The van der Waals surface area contributed by atoms with Crippen molar-refractivity contribution < 1.29 is 19.4 Å². The summed E-state index contributed by atoms with van der Waals surface area (Å²) < 4.78 is 9.70. The summed E-state index contributed by atoms with van der Waals surface area (Å²) in [6, 6.07) is 7.36. The van der Waals surface area contributed by atoms with Crippen molar-refractivity contribution in [2.75, 3.05) is 20.8 Å². The van der Waals surface area contributed by atoms with Gasteiger partial charge >= 0.3 is 5.97 Å². The molecule has 0 aromatic heterocycles. The van der Waals surface area contributed by atoms with Crippen molar-refractivity contribution in [1.29, 1.82) is 0 Å². The van der Waals surface area contributed by atoms with Gasteiger partial charge in [-0.3, -0.25) is 0 Å². The molecule has 0 aliphatic rings. The minimum absolute atomic E-state index is 0.103. The molecule has 17 heavy (non-hydrogen) atoms. The van der Waals surface area contributed by atoms with E-state index in [0.29, 0.717) is 5.75 Å². The second kappa shape index (κ2) is 6.70. The maximum atomic E-state index is 11.0. The molecule has 0 saturated carbocycles. The maximum absolute atomic E-state index is 11.0. The molecular weight excluding hydrogens is 220 g/mol. The number of carbonyl (C=O) groups excluding carboxylic acids is 1. The highest BCUT2D eigenvalue weighted by atomic mass is 16.5. The van der Waals surface area contributed by atoms with E-state index in [1.807, 2.05) is 24.3 Å². The van der Waals surface area contributed by atoms with Crippen LogP contribution in [0, 0.1) is 0 Å². The molecule has 0 radical (unpaired) electrons. The minimum atomic E-state index is -0.446. The predicted molar refractivity (Wildman–Crippen MR) is 64.0 cm³/mol. The van der Waals surface area contributed by atoms with Crippen LogP contribution in [0.1, 0.15) is 11.5 Å². The summed E-state index contributed by atoms with van der Waals surface area (Å²) in [4.78, 5) is 11.0. The topological polar surface area (TPSA) is 55.8 Å². The van der Waals surface area contributed by atoms with Gasteiger partial charge in [0, 0.05) is 17.6 Å². The number of para-hydroxylation sites is 1. The van der Waals surface area contributed by atoms with Crippen LogP contribution >= 0.6 is 0 Å². The van der Waals surface area contributed by atoms with Crippen molar-refractivity contribution in [3.8, 4) is 5.75 Å². The smallest absolute Gasteiger partial charge is 0.330 e. The molecule has 92 valence electrons. The number of ether oxygens (including phenoxy) is 2. The second-order valence-electron chi connectivity index (χ2n) is 3.41. The van der Waals surface area contributed by atoms with Gasteiger partial charge in [-0.25, -0.2) is 4.79 Å². The first-order chi connectivity index (χ1) is 8.22. The zero-order valence-electron chi connectivity index (χ0n) is 9.92. The lowest BCUT2D eigenvalue weighted by Crippen LogP contribution is -2.04. The first-order valence-electron chi connectivity index (χ1n) is 5.22. The number of aliphatic hydroxyl groups is 1. The van der Waals surface area contributed by atoms with E-state index in [1.165, 1.54) is 13.2 Å². The molecule has 1 atom stereocenters. The van der Waals surface area contributed by atoms with Crippen LogP contribution in [0.5, 0.6) is 5.75 Å². The fraction of sp³-hybridized carbons (Fsp3) is 0.308. The summed E-state index contributed by atoms with van der Waals surface area (Å²) in [7, 11) is 2.88. The second-order valence-corrected chi connectivity index (χ2v) is 3.41. The Morgan fingerprint density at radius 2 is 2.12 bits per heavy atom. The highest BCUT2D eigenvalue weighted by Gasteiger charge is 2.12. The van der Waals surface area contributed by atoms with Crippen molar-refractivity contribution >= 4 is 5.97 Å². The van der Waals surface area contributed by atoms with E-state index in [-0.39, 0.29) is 12.5 Å². The highest BCUT2D eigenvalue weighted by molar-refractivity contribution is 5.81. The van der Waals surface area contributed by atoms with Gasteiger partial charge in [0.2, 0.25) is 0 Å². The van der Waals surface area contributed by atoms with Gasteiger partial charge < -0.3 is 14.6 Å². The summed E-state index contributed by atoms with van der Waals surface area (Å²) in [6.07, 6.45) is 2.90. The Kier molecular flexibility index (Phi) is 5.23. The molecule has 0 aliphatic carbocycles. The molecule has 1 aromatic rings. The molecule has 0 bridgehead atoms. The van der Waals surface area contributed by atoms with Crippen LogP contribution in [0.25, 0.3) is 0 Å². The summed E-state index contributed by atoms with van der Waals surface area (Å²) in [5, 5.41) is 9.33. The van der Waals surface area contributed by atoms with Gasteiger partial charge in [-0.1, -0.05) is 24.3 Å². The van der Waals surface area contributed by atoms with Crippen LogP contribution in [-0.4, -0.2) is 31.9 Å². The Morgan fingerprint density at radius 1 is 1.41 bits per heavy atom. The zero-order valence-corrected chi connectivity index (χ0v) is 9.92. The summed E-state index contributed by atoms with van der Waals surface area (Å²) in [5.41, 5.74) is 0.831. The number of esters is 1. The summed E-state index contributed by atoms with van der Waals surface area (Å²) in [5.74, 6) is -0.0512. The molecule has 0 amide bonds. The van der Waals surface area contributed by atoms with E-state index < -0.39 is 5.97 Å². The van der Waals surface area contributed by atoms with Crippen LogP contribution < -0.4 is 4.74 Å². The van der Waals surface area contributed by atoms with Crippen LogP contribution in [-0.2, 0) is 9.53 Å². The van der Waals surface area contributed by atoms with Crippen molar-refractivity contribution in [2.45, 2.75) is 5.92 Å². The van der Waals surface area contributed by atoms with Crippen LogP contribution in [0.15, 0.2) is 36.4 Å². The Bertz CT molecular complexity index is 398. The third-order valence-electron chi connectivity index (χ3n) is 2.40. The van der Waals surface area contributed by atoms with Gasteiger partial charge in [-0.05, 0) is 6.07 Å². The van der Waals surface area contributed by atoms with E-state index in [9.17, 15) is 9.90 Å². The lowest BCUT2D eigenvalue weighted by atomic mass is 9.98. The van der Waals surface area contributed by atoms with Gasteiger partial charge in [-0.2, -0.15) is 0 Å². The third-order valence-corrected chi connectivity index (χ3v) is 2.40. The van der Waals surface area contributed by atoms with Crippen molar-refractivity contribution in [3.05, 3.63) is 42.0 Å². The van der Waals surface area contributed by atoms with Crippen LogP contribution in [0.2, 0.25) is 0 Å². The monoisotopic (exact) mass is 236 g/mol. The molecule has 1 N–H and O–H groups in total. The third kappa shape index (κ3) is 3.60. The molecular formula is C13H16O4. The van der Waals surface area contributed by atoms with Crippen molar-refractivity contribution in [3.63, 3.8) is 0 Å². The van der Waals surface area contributed by atoms with Gasteiger partial charge in [0.15, 0.2) is 0 Å². The molecule has 0 saturated heterocycles. The zero-order chi connectivity index (χ0) is 12.7. The number of methoxy groups -OCH3 is 2. The largest absolute Gasteiger partial charge is 0.496 e. The number of hydrogen-bond acceptors (Lipinski definition) is 4. The number of aliphatic hydroxyl groups excluding tert-OH is 1. The number of hydrogen-bond donors (Lipinski definition) is 1. The normalized spacial score (nSPS) is 12.4.